The molecular formula is C29H38O5. The maximum atomic E-state index is 11.9. The molecule has 0 radical (unpaired) electrons. The standard InChI is InChI=1S/C29H38O5/c1-17(30)33-22-11-13-28(3)20(15-22)16-23(19-5-7-21(32)8-6-19)27-24-9-10-26(34-18(2)31)29(24,4)14-12-25(27)28/h5-8,16,22-27,32H,9-15H2,1-4H3. The van der Waals surface area contributed by atoms with Crippen molar-refractivity contribution in [2.45, 2.75) is 90.8 Å². The number of rotatable bonds is 3. The molecule has 3 saturated carbocycles. The number of allylic oxidation sites excluding steroid dienone is 1. The minimum absolute atomic E-state index is 0.00134. The summed E-state index contributed by atoms with van der Waals surface area (Å²) in [5, 5.41) is 9.93. The number of hydrogen-bond donors (Lipinski definition) is 1. The Morgan fingerprint density at radius 1 is 0.912 bits per heavy atom. The zero-order chi connectivity index (χ0) is 24.3. The third-order valence-corrected chi connectivity index (χ3v) is 9.95. The van der Waals surface area contributed by atoms with Crippen molar-refractivity contribution in [3.63, 3.8) is 0 Å². The molecule has 0 saturated heterocycles. The summed E-state index contributed by atoms with van der Waals surface area (Å²) in [6.07, 6.45) is 9.42. The minimum Gasteiger partial charge on any atom is -0.508 e. The van der Waals surface area contributed by atoms with E-state index in [9.17, 15) is 14.7 Å². The highest BCUT2D eigenvalue weighted by Crippen LogP contribution is 2.67. The summed E-state index contributed by atoms with van der Waals surface area (Å²) in [7, 11) is 0. The van der Waals surface area contributed by atoms with E-state index in [4.69, 9.17) is 9.47 Å². The van der Waals surface area contributed by atoms with E-state index < -0.39 is 0 Å². The molecule has 1 N–H and O–H groups in total. The number of hydrogen-bond acceptors (Lipinski definition) is 5. The van der Waals surface area contributed by atoms with Gasteiger partial charge in [0.05, 0.1) is 0 Å². The third-order valence-electron chi connectivity index (χ3n) is 9.95. The van der Waals surface area contributed by atoms with Crippen LogP contribution in [-0.4, -0.2) is 29.3 Å². The largest absolute Gasteiger partial charge is 0.508 e. The van der Waals surface area contributed by atoms with Crippen molar-refractivity contribution >= 4 is 11.9 Å². The maximum Gasteiger partial charge on any atom is 0.302 e. The molecule has 4 aliphatic rings. The predicted molar refractivity (Wildman–Crippen MR) is 129 cm³/mol. The monoisotopic (exact) mass is 466 g/mol. The smallest absolute Gasteiger partial charge is 0.302 e. The van der Waals surface area contributed by atoms with E-state index in [1.807, 2.05) is 0 Å². The zero-order valence-corrected chi connectivity index (χ0v) is 20.9. The molecular weight excluding hydrogens is 428 g/mol. The molecule has 5 rings (SSSR count). The SMILES string of the molecule is CC(=O)OC1CCC2(C)C(=CC(c3ccc(O)cc3)C3C2CCC2(C)C(OC(C)=O)CCC32)C1. The Hall–Kier alpha value is -2.30. The van der Waals surface area contributed by atoms with Gasteiger partial charge in [0.25, 0.3) is 0 Å². The first kappa shape index (κ1) is 23.4. The van der Waals surface area contributed by atoms with E-state index >= 15 is 0 Å². The topological polar surface area (TPSA) is 72.8 Å². The zero-order valence-electron chi connectivity index (χ0n) is 20.9. The van der Waals surface area contributed by atoms with Crippen LogP contribution in [0.25, 0.3) is 0 Å². The molecule has 5 heteroatoms. The van der Waals surface area contributed by atoms with Crippen LogP contribution in [-0.2, 0) is 19.1 Å². The molecule has 1 aromatic carbocycles. The van der Waals surface area contributed by atoms with Gasteiger partial charge in [-0.2, -0.15) is 0 Å². The Morgan fingerprint density at radius 3 is 2.29 bits per heavy atom. The molecule has 184 valence electrons. The molecule has 34 heavy (non-hydrogen) atoms. The lowest BCUT2D eigenvalue weighted by Crippen LogP contribution is -2.53. The molecule has 0 aromatic heterocycles. The van der Waals surface area contributed by atoms with Crippen molar-refractivity contribution in [2.75, 3.05) is 0 Å². The average molecular weight is 467 g/mol. The van der Waals surface area contributed by atoms with Gasteiger partial charge in [-0.1, -0.05) is 37.6 Å². The summed E-state index contributed by atoms with van der Waals surface area (Å²) in [6.45, 7) is 7.82. The second-order valence-corrected chi connectivity index (χ2v) is 11.7. The van der Waals surface area contributed by atoms with E-state index in [2.05, 4.69) is 32.1 Å². The van der Waals surface area contributed by atoms with Crippen LogP contribution in [0.3, 0.4) is 0 Å². The molecule has 8 atom stereocenters. The number of phenols is 1. The van der Waals surface area contributed by atoms with Gasteiger partial charge in [0.2, 0.25) is 0 Å². The molecule has 0 heterocycles. The van der Waals surface area contributed by atoms with Gasteiger partial charge in [0.1, 0.15) is 18.0 Å². The van der Waals surface area contributed by atoms with Crippen LogP contribution in [0.15, 0.2) is 35.9 Å². The highest BCUT2D eigenvalue weighted by molar-refractivity contribution is 5.66. The second kappa shape index (κ2) is 8.42. The van der Waals surface area contributed by atoms with Crippen molar-refractivity contribution < 1.29 is 24.2 Å². The van der Waals surface area contributed by atoms with Gasteiger partial charge in [-0.05, 0) is 79.4 Å². The van der Waals surface area contributed by atoms with E-state index in [-0.39, 0.29) is 46.6 Å². The Kier molecular flexibility index (Phi) is 5.81. The number of phenolic OH excluding ortho intramolecular Hbond substituents is 1. The van der Waals surface area contributed by atoms with Crippen LogP contribution in [0.4, 0.5) is 0 Å². The van der Waals surface area contributed by atoms with Gasteiger partial charge < -0.3 is 14.6 Å². The molecule has 5 nitrogen and oxygen atoms in total. The number of carbonyl (C=O) groups is 2. The summed E-state index contributed by atoms with van der Waals surface area (Å²) in [4.78, 5) is 23.5. The Bertz CT molecular complexity index is 996. The number of benzene rings is 1. The first-order valence-corrected chi connectivity index (χ1v) is 13.0. The van der Waals surface area contributed by atoms with Crippen LogP contribution < -0.4 is 0 Å². The van der Waals surface area contributed by atoms with Crippen molar-refractivity contribution in [2.24, 2.45) is 28.6 Å². The van der Waals surface area contributed by atoms with Crippen LogP contribution in [0.2, 0.25) is 0 Å². The second-order valence-electron chi connectivity index (χ2n) is 11.7. The van der Waals surface area contributed by atoms with Crippen molar-refractivity contribution in [1.29, 1.82) is 0 Å². The van der Waals surface area contributed by atoms with Crippen LogP contribution >= 0.6 is 0 Å². The first-order chi connectivity index (χ1) is 16.1. The van der Waals surface area contributed by atoms with Gasteiger partial charge in [0.15, 0.2) is 0 Å². The lowest BCUT2D eigenvalue weighted by atomic mass is 9.45. The molecule has 3 fully saturated rings. The first-order valence-electron chi connectivity index (χ1n) is 13.0. The Morgan fingerprint density at radius 2 is 1.62 bits per heavy atom. The fraction of sp³-hybridized carbons (Fsp3) is 0.655. The van der Waals surface area contributed by atoms with Crippen molar-refractivity contribution in [3.8, 4) is 5.75 Å². The molecule has 0 aliphatic heterocycles. The summed E-state index contributed by atoms with van der Waals surface area (Å²) in [5.41, 5.74) is 2.77. The summed E-state index contributed by atoms with van der Waals surface area (Å²) < 4.78 is 11.5. The average Bonchev–Trinajstić information content (AvgIpc) is 3.09. The fourth-order valence-electron chi connectivity index (χ4n) is 8.35. The minimum atomic E-state index is -0.200. The normalized spacial score (nSPS) is 40.9. The van der Waals surface area contributed by atoms with E-state index in [0.717, 1.165) is 44.9 Å². The maximum absolute atomic E-state index is 11.9. The molecule has 4 aliphatic carbocycles. The molecule has 0 amide bonds. The quantitative estimate of drug-likeness (QED) is 0.443. The Labute approximate surface area is 202 Å². The van der Waals surface area contributed by atoms with E-state index in [0.29, 0.717) is 17.8 Å². The Balaban J connectivity index is 1.56. The lowest BCUT2D eigenvalue weighted by molar-refractivity contribution is -0.157. The fourth-order valence-corrected chi connectivity index (χ4v) is 8.35. The molecule has 0 bridgehead atoms. The third kappa shape index (κ3) is 3.76. The number of ether oxygens (including phenoxy) is 2. The molecule has 1 aromatic rings. The van der Waals surface area contributed by atoms with E-state index in [1.165, 1.54) is 25.0 Å². The molecule has 0 spiro atoms. The number of fused-ring (bicyclic) bond motifs is 5. The van der Waals surface area contributed by atoms with Crippen molar-refractivity contribution in [3.05, 3.63) is 41.5 Å². The van der Waals surface area contributed by atoms with Gasteiger partial charge in [-0.25, -0.2) is 0 Å². The summed E-state index contributed by atoms with van der Waals surface area (Å²) >= 11 is 0. The van der Waals surface area contributed by atoms with Crippen LogP contribution in [0.5, 0.6) is 5.75 Å². The number of carbonyl (C=O) groups excluding carboxylic acids is 2. The molecule has 8 unspecified atom stereocenters. The highest BCUT2D eigenvalue weighted by atomic mass is 16.5. The van der Waals surface area contributed by atoms with Crippen molar-refractivity contribution in [1.82, 2.24) is 0 Å². The number of aromatic hydroxyl groups is 1. The van der Waals surface area contributed by atoms with Crippen LogP contribution in [0, 0.1) is 28.6 Å². The predicted octanol–water partition coefficient (Wildman–Crippen LogP) is 5.91. The van der Waals surface area contributed by atoms with Gasteiger partial charge in [-0.15, -0.1) is 0 Å². The number of esters is 2. The summed E-state index contributed by atoms with van der Waals surface area (Å²) in [6, 6.07) is 7.70. The van der Waals surface area contributed by atoms with Crippen LogP contribution in [0.1, 0.15) is 84.1 Å². The van der Waals surface area contributed by atoms with Gasteiger partial charge in [0, 0.05) is 31.6 Å². The van der Waals surface area contributed by atoms with Gasteiger partial charge in [-0.3, -0.25) is 9.59 Å². The van der Waals surface area contributed by atoms with Gasteiger partial charge >= 0.3 is 11.9 Å². The van der Waals surface area contributed by atoms with E-state index in [1.54, 1.807) is 12.1 Å². The summed E-state index contributed by atoms with van der Waals surface area (Å²) in [5.74, 6) is 1.63. The lowest BCUT2D eigenvalue weighted by Gasteiger charge is -2.60. The highest BCUT2D eigenvalue weighted by Gasteiger charge is 2.61.